The molecule has 1 unspecified atom stereocenters. The van der Waals surface area contributed by atoms with Gasteiger partial charge in [-0.1, -0.05) is 6.92 Å². The summed E-state index contributed by atoms with van der Waals surface area (Å²) in [5, 5.41) is 9.65. The SMILES string of the molecule is CCC(NS(=O)(=O)c1cnn(CCNC)c1)c1nccs1. The lowest BCUT2D eigenvalue weighted by Gasteiger charge is -2.13. The summed E-state index contributed by atoms with van der Waals surface area (Å²) < 4.78 is 29.1. The molecule has 0 spiro atoms. The van der Waals surface area contributed by atoms with Crippen LogP contribution < -0.4 is 10.0 Å². The molecule has 0 saturated heterocycles. The summed E-state index contributed by atoms with van der Waals surface area (Å²) in [5.74, 6) is 0. The van der Waals surface area contributed by atoms with Crippen LogP contribution in [0.25, 0.3) is 0 Å². The van der Waals surface area contributed by atoms with E-state index < -0.39 is 10.0 Å². The largest absolute Gasteiger partial charge is 0.318 e. The predicted molar refractivity (Wildman–Crippen MR) is 81.6 cm³/mol. The lowest BCUT2D eigenvalue weighted by atomic mass is 10.3. The summed E-state index contributed by atoms with van der Waals surface area (Å²) in [6.45, 7) is 3.27. The summed E-state index contributed by atoms with van der Waals surface area (Å²) in [7, 11) is -1.75. The van der Waals surface area contributed by atoms with E-state index in [0.29, 0.717) is 13.0 Å². The maximum Gasteiger partial charge on any atom is 0.244 e. The summed E-state index contributed by atoms with van der Waals surface area (Å²) in [6.07, 6.45) is 5.22. The summed E-state index contributed by atoms with van der Waals surface area (Å²) in [4.78, 5) is 4.35. The molecule has 0 saturated carbocycles. The van der Waals surface area contributed by atoms with Gasteiger partial charge in [-0.25, -0.2) is 18.1 Å². The van der Waals surface area contributed by atoms with Gasteiger partial charge in [0.2, 0.25) is 10.0 Å². The van der Waals surface area contributed by atoms with Crippen LogP contribution in [0.1, 0.15) is 24.4 Å². The third-order valence-electron chi connectivity index (χ3n) is 2.97. The first-order chi connectivity index (χ1) is 10.1. The first kappa shape index (κ1) is 16.1. The van der Waals surface area contributed by atoms with E-state index >= 15 is 0 Å². The zero-order valence-electron chi connectivity index (χ0n) is 12.0. The van der Waals surface area contributed by atoms with Crippen molar-refractivity contribution >= 4 is 21.4 Å². The van der Waals surface area contributed by atoms with Crippen molar-refractivity contribution in [1.29, 1.82) is 0 Å². The van der Waals surface area contributed by atoms with Crippen molar-refractivity contribution in [1.82, 2.24) is 24.8 Å². The van der Waals surface area contributed by atoms with Gasteiger partial charge in [0.1, 0.15) is 9.90 Å². The first-order valence-electron chi connectivity index (χ1n) is 6.65. The Morgan fingerprint density at radius 1 is 1.48 bits per heavy atom. The van der Waals surface area contributed by atoms with Gasteiger partial charge in [-0.2, -0.15) is 5.10 Å². The molecule has 0 bridgehead atoms. The molecular weight excluding hydrogens is 310 g/mol. The maximum absolute atomic E-state index is 12.4. The average Bonchev–Trinajstić information content (AvgIpc) is 3.13. The van der Waals surface area contributed by atoms with Crippen LogP contribution in [-0.2, 0) is 16.6 Å². The van der Waals surface area contributed by atoms with Crippen molar-refractivity contribution in [2.24, 2.45) is 0 Å². The van der Waals surface area contributed by atoms with E-state index in [9.17, 15) is 8.42 Å². The van der Waals surface area contributed by atoms with Crippen LogP contribution in [0.5, 0.6) is 0 Å². The lowest BCUT2D eigenvalue weighted by molar-refractivity contribution is 0.548. The van der Waals surface area contributed by atoms with Gasteiger partial charge in [-0.05, 0) is 13.5 Å². The molecule has 0 fully saturated rings. The molecule has 21 heavy (non-hydrogen) atoms. The monoisotopic (exact) mass is 329 g/mol. The van der Waals surface area contributed by atoms with Crippen molar-refractivity contribution < 1.29 is 8.42 Å². The number of aromatic nitrogens is 3. The minimum atomic E-state index is -3.59. The fraction of sp³-hybridized carbons (Fsp3) is 0.500. The smallest absolute Gasteiger partial charge is 0.244 e. The molecular formula is C12H19N5O2S2. The highest BCUT2D eigenvalue weighted by Crippen LogP contribution is 2.21. The zero-order chi connectivity index (χ0) is 15.3. The van der Waals surface area contributed by atoms with Gasteiger partial charge < -0.3 is 5.32 Å². The molecule has 0 aliphatic rings. The molecule has 7 nitrogen and oxygen atoms in total. The van der Waals surface area contributed by atoms with E-state index in [1.165, 1.54) is 23.7 Å². The van der Waals surface area contributed by atoms with E-state index in [2.05, 4.69) is 20.1 Å². The highest BCUT2D eigenvalue weighted by Gasteiger charge is 2.23. The summed E-state index contributed by atoms with van der Waals surface area (Å²) in [6, 6.07) is -0.310. The zero-order valence-corrected chi connectivity index (χ0v) is 13.6. The number of hydrogen-bond acceptors (Lipinski definition) is 6. The predicted octanol–water partition coefficient (Wildman–Crippen LogP) is 0.989. The Kier molecular flexibility index (Phi) is 5.45. The standard InChI is InChI=1S/C12H19N5O2S2/c1-3-11(12-14-5-7-20-12)16-21(18,19)10-8-15-17(9-10)6-4-13-2/h5,7-9,11,13,16H,3-4,6H2,1-2H3. The van der Waals surface area contributed by atoms with E-state index in [1.54, 1.807) is 10.9 Å². The Morgan fingerprint density at radius 2 is 2.29 bits per heavy atom. The summed E-state index contributed by atoms with van der Waals surface area (Å²) >= 11 is 1.44. The number of sulfonamides is 1. The molecule has 0 amide bonds. The third-order valence-corrected chi connectivity index (χ3v) is 5.28. The Labute approximate surface area is 128 Å². The molecule has 0 aliphatic carbocycles. The van der Waals surface area contributed by atoms with Crippen LogP contribution in [0, 0.1) is 0 Å². The Morgan fingerprint density at radius 3 is 2.90 bits per heavy atom. The number of likely N-dealkylation sites (N-methyl/N-ethyl adjacent to an activating group) is 1. The van der Waals surface area contributed by atoms with Crippen molar-refractivity contribution in [3.63, 3.8) is 0 Å². The van der Waals surface area contributed by atoms with Crippen molar-refractivity contribution in [3.8, 4) is 0 Å². The molecule has 0 aliphatic heterocycles. The van der Waals surface area contributed by atoms with Gasteiger partial charge >= 0.3 is 0 Å². The van der Waals surface area contributed by atoms with Gasteiger partial charge in [0.25, 0.3) is 0 Å². The maximum atomic E-state index is 12.4. The minimum absolute atomic E-state index is 0.175. The Hall–Kier alpha value is -1.29. The highest BCUT2D eigenvalue weighted by atomic mass is 32.2. The second kappa shape index (κ2) is 7.12. The van der Waals surface area contributed by atoms with Crippen molar-refractivity contribution in [3.05, 3.63) is 29.0 Å². The fourth-order valence-electron chi connectivity index (χ4n) is 1.80. The number of nitrogens with zero attached hydrogens (tertiary/aromatic N) is 3. The van der Waals surface area contributed by atoms with Crippen LogP contribution in [0.15, 0.2) is 28.9 Å². The normalized spacial score (nSPS) is 13.4. The average molecular weight is 329 g/mol. The van der Waals surface area contributed by atoms with Crippen molar-refractivity contribution in [2.75, 3.05) is 13.6 Å². The first-order valence-corrected chi connectivity index (χ1v) is 9.02. The molecule has 2 N–H and O–H groups in total. The second-order valence-corrected chi connectivity index (χ2v) is 7.14. The van der Waals surface area contributed by atoms with Crippen LogP contribution in [0.3, 0.4) is 0 Å². The minimum Gasteiger partial charge on any atom is -0.318 e. The van der Waals surface area contributed by atoms with Gasteiger partial charge in [-0.15, -0.1) is 11.3 Å². The molecule has 9 heteroatoms. The van der Waals surface area contributed by atoms with Gasteiger partial charge in [0.05, 0.1) is 18.8 Å². The molecule has 2 heterocycles. The van der Waals surface area contributed by atoms with Crippen LogP contribution in [-0.4, -0.2) is 36.8 Å². The van der Waals surface area contributed by atoms with E-state index in [-0.39, 0.29) is 10.9 Å². The molecule has 1 atom stereocenters. The number of thiazole rings is 1. The van der Waals surface area contributed by atoms with Crippen LogP contribution in [0.2, 0.25) is 0 Å². The van der Waals surface area contributed by atoms with Gasteiger partial charge in [0, 0.05) is 24.3 Å². The topological polar surface area (TPSA) is 88.9 Å². The van der Waals surface area contributed by atoms with E-state index in [1.807, 2.05) is 19.4 Å². The highest BCUT2D eigenvalue weighted by molar-refractivity contribution is 7.89. The molecule has 0 aromatic carbocycles. The Balaban J connectivity index is 2.12. The van der Waals surface area contributed by atoms with Crippen molar-refractivity contribution in [2.45, 2.75) is 30.8 Å². The van der Waals surface area contributed by atoms with E-state index in [4.69, 9.17) is 0 Å². The second-order valence-electron chi connectivity index (χ2n) is 4.50. The fourth-order valence-corrected chi connectivity index (χ4v) is 3.88. The molecule has 2 rings (SSSR count). The lowest BCUT2D eigenvalue weighted by Crippen LogP contribution is -2.28. The molecule has 2 aromatic heterocycles. The summed E-state index contributed by atoms with van der Waals surface area (Å²) in [5.41, 5.74) is 0. The molecule has 0 radical (unpaired) electrons. The van der Waals surface area contributed by atoms with Gasteiger partial charge in [-0.3, -0.25) is 4.68 Å². The number of rotatable bonds is 8. The molecule has 2 aromatic rings. The number of nitrogens with one attached hydrogen (secondary N) is 2. The Bertz CT molecular complexity index is 651. The van der Waals surface area contributed by atoms with Gasteiger partial charge in [0.15, 0.2) is 0 Å². The van der Waals surface area contributed by atoms with E-state index in [0.717, 1.165) is 11.6 Å². The number of hydrogen-bond donors (Lipinski definition) is 2. The van der Waals surface area contributed by atoms with Crippen LogP contribution >= 0.6 is 11.3 Å². The molecule has 116 valence electrons. The third kappa shape index (κ3) is 4.10. The van der Waals surface area contributed by atoms with Crippen LogP contribution in [0.4, 0.5) is 0 Å². The quantitative estimate of drug-likeness (QED) is 0.754.